The van der Waals surface area contributed by atoms with Crippen molar-refractivity contribution in [2.24, 2.45) is 5.92 Å². The van der Waals surface area contributed by atoms with E-state index in [0.29, 0.717) is 32.6 Å². The largest absolute Gasteiger partial charge is 0.490 e. The van der Waals surface area contributed by atoms with E-state index in [1.165, 1.54) is 24.9 Å². The second-order valence-corrected chi connectivity index (χ2v) is 9.72. The number of amides is 1. The first-order valence-electron chi connectivity index (χ1n) is 10.5. The number of nitro groups is 1. The lowest BCUT2D eigenvalue weighted by Crippen LogP contribution is -2.31. The SMILES string of the molecule is COc1ccc(-c2nn(-c3ccccc3)cc2/C=C2/SC(=S)N(CC(C)C)C2=O)cc1[N+](=O)[O-]. The summed E-state index contributed by atoms with van der Waals surface area (Å²) in [5, 5.41) is 16.3. The predicted octanol–water partition coefficient (Wildman–Crippen LogP) is 5.31. The highest BCUT2D eigenvalue weighted by Gasteiger charge is 2.32. The first-order chi connectivity index (χ1) is 16.3. The molecule has 0 aliphatic carbocycles. The maximum atomic E-state index is 13.0. The lowest BCUT2D eigenvalue weighted by atomic mass is 10.1. The van der Waals surface area contributed by atoms with E-state index >= 15 is 0 Å². The van der Waals surface area contributed by atoms with Gasteiger partial charge in [-0.2, -0.15) is 5.10 Å². The molecule has 4 rings (SSSR count). The van der Waals surface area contributed by atoms with E-state index in [1.54, 1.807) is 34.0 Å². The van der Waals surface area contributed by atoms with Gasteiger partial charge in [0.15, 0.2) is 5.75 Å². The number of nitrogens with zero attached hydrogens (tertiary/aromatic N) is 4. The van der Waals surface area contributed by atoms with Crippen molar-refractivity contribution in [3.05, 3.63) is 75.3 Å². The number of nitro benzene ring substituents is 1. The average molecular weight is 495 g/mol. The topological polar surface area (TPSA) is 90.5 Å². The van der Waals surface area contributed by atoms with Gasteiger partial charge in [0, 0.05) is 29.9 Å². The molecule has 0 N–H and O–H groups in total. The summed E-state index contributed by atoms with van der Waals surface area (Å²) >= 11 is 6.67. The molecule has 8 nitrogen and oxygen atoms in total. The van der Waals surface area contributed by atoms with E-state index in [1.807, 2.05) is 44.2 Å². The molecule has 174 valence electrons. The summed E-state index contributed by atoms with van der Waals surface area (Å²) in [5.41, 5.74) is 2.34. The smallest absolute Gasteiger partial charge is 0.311 e. The Hall–Kier alpha value is -3.50. The first kappa shape index (κ1) is 23.7. The normalized spacial score (nSPS) is 14.9. The molecule has 1 aliphatic rings. The fraction of sp³-hybridized carbons (Fsp3) is 0.208. The van der Waals surface area contributed by atoms with E-state index in [-0.39, 0.29) is 23.3 Å². The number of aromatic nitrogens is 2. The lowest BCUT2D eigenvalue weighted by molar-refractivity contribution is -0.385. The van der Waals surface area contributed by atoms with Gasteiger partial charge in [-0.15, -0.1) is 0 Å². The Morgan fingerprint density at radius 1 is 1.24 bits per heavy atom. The van der Waals surface area contributed by atoms with Gasteiger partial charge in [-0.1, -0.05) is 56.0 Å². The highest BCUT2D eigenvalue weighted by Crippen LogP contribution is 2.37. The van der Waals surface area contributed by atoms with Crippen molar-refractivity contribution in [2.75, 3.05) is 13.7 Å². The Kier molecular flexibility index (Phi) is 6.80. The molecule has 0 bridgehead atoms. The molecule has 1 aliphatic heterocycles. The Labute approximate surface area is 206 Å². The van der Waals surface area contributed by atoms with Crippen LogP contribution in [-0.4, -0.2) is 43.5 Å². The monoisotopic (exact) mass is 494 g/mol. The molecule has 1 saturated heterocycles. The predicted molar refractivity (Wildman–Crippen MR) is 137 cm³/mol. The molecule has 1 aromatic heterocycles. The fourth-order valence-electron chi connectivity index (χ4n) is 3.57. The molecule has 1 fully saturated rings. The molecule has 1 amide bonds. The average Bonchev–Trinajstić information content (AvgIpc) is 3.35. The number of thioether (sulfide) groups is 1. The van der Waals surface area contributed by atoms with Crippen LogP contribution in [0.5, 0.6) is 5.75 Å². The number of thiocarbonyl (C=S) groups is 1. The minimum Gasteiger partial charge on any atom is -0.490 e. The van der Waals surface area contributed by atoms with Crippen LogP contribution in [0.15, 0.2) is 59.6 Å². The molecule has 2 aromatic carbocycles. The molecule has 0 unspecified atom stereocenters. The van der Waals surface area contributed by atoms with Crippen molar-refractivity contribution in [2.45, 2.75) is 13.8 Å². The van der Waals surface area contributed by atoms with E-state index in [9.17, 15) is 14.9 Å². The van der Waals surface area contributed by atoms with E-state index in [2.05, 4.69) is 0 Å². The van der Waals surface area contributed by atoms with Crippen molar-refractivity contribution >= 4 is 46.0 Å². The van der Waals surface area contributed by atoms with Crippen LogP contribution in [0.2, 0.25) is 0 Å². The summed E-state index contributed by atoms with van der Waals surface area (Å²) in [6, 6.07) is 14.2. The Bertz CT molecular complexity index is 1300. The van der Waals surface area contributed by atoms with Crippen LogP contribution in [0.25, 0.3) is 23.0 Å². The zero-order valence-corrected chi connectivity index (χ0v) is 20.4. The van der Waals surface area contributed by atoms with Crippen molar-refractivity contribution < 1.29 is 14.5 Å². The Morgan fingerprint density at radius 3 is 2.62 bits per heavy atom. The van der Waals surface area contributed by atoms with Gasteiger partial charge in [0.05, 0.1) is 22.6 Å². The van der Waals surface area contributed by atoms with Gasteiger partial charge in [-0.25, -0.2) is 4.68 Å². The summed E-state index contributed by atoms with van der Waals surface area (Å²) in [6.07, 6.45) is 3.55. The maximum absolute atomic E-state index is 13.0. The highest BCUT2D eigenvalue weighted by molar-refractivity contribution is 8.26. The van der Waals surface area contributed by atoms with Crippen LogP contribution in [0.3, 0.4) is 0 Å². The van der Waals surface area contributed by atoms with Crippen LogP contribution in [0.1, 0.15) is 19.4 Å². The number of methoxy groups -OCH3 is 1. The third kappa shape index (κ3) is 4.73. The van der Waals surface area contributed by atoms with Gasteiger partial charge in [0.25, 0.3) is 5.91 Å². The second-order valence-electron chi connectivity index (χ2n) is 8.04. The van der Waals surface area contributed by atoms with Crippen LogP contribution in [0.4, 0.5) is 5.69 Å². The Morgan fingerprint density at radius 2 is 1.97 bits per heavy atom. The van der Waals surface area contributed by atoms with Crippen molar-refractivity contribution in [1.82, 2.24) is 14.7 Å². The number of rotatable bonds is 7. The van der Waals surface area contributed by atoms with Gasteiger partial charge in [0.1, 0.15) is 10.0 Å². The summed E-state index contributed by atoms with van der Waals surface area (Å²) in [5.74, 6) is 0.285. The number of carbonyl (C=O) groups is 1. The third-order valence-corrected chi connectivity index (χ3v) is 6.50. The quantitative estimate of drug-likeness (QED) is 0.190. The minimum absolute atomic E-state index is 0.150. The van der Waals surface area contributed by atoms with Gasteiger partial charge in [0.2, 0.25) is 0 Å². The zero-order valence-electron chi connectivity index (χ0n) is 18.8. The molecule has 0 spiro atoms. The number of carbonyl (C=O) groups excluding carboxylic acids is 1. The summed E-state index contributed by atoms with van der Waals surface area (Å²) < 4.78 is 7.33. The lowest BCUT2D eigenvalue weighted by Gasteiger charge is -2.16. The Balaban J connectivity index is 1.83. The molecular weight excluding hydrogens is 472 g/mol. The van der Waals surface area contributed by atoms with Crippen molar-refractivity contribution in [1.29, 1.82) is 0 Å². The molecule has 0 saturated carbocycles. The highest BCUT2D eigenvalue weighted by atomic mass is 32.2. The van der Waals surface area contributed by atoms with E-state index in [0.717, 1.165) is 5.69 Å². The first-order valence-corrected chi connectivity index (χ1v) is 11.7. The molecule has 3 aromatic rings. The van der Waals surface area contributed by atoms with Crippen LogP contribution in [-0.2, 0) is 4.79 Å². The standard InChI is InChI=1S/C24H22N4O4S2/c1-15(2)13-26-23(29)21(34-24(26)33)12-17-14-27(18-7-5-4-6-8-18)25-22(17)16-9-10-20(32-3)19(11-16)28(30)31/h4-12,14-15H,13H2,1-3H3/b21-12+. The van der Waals surface area contributed by atoms with Gasteiger partial charge >= 0.3 is 5.69 Å². The summed E-state index contributed by atoms with van der Waals surface area (Å²) in [4.78, 5) is 26.2. The van der Waals surface area contributed by atoms with Crippen molar-refractivity contribution in [3.63, 3.8) is 0 Å². The number of ether oxygens (including phenoxy) is 1. The molecule has 10 heteroatoms. The minimum atomic E-state index is -0.493. The molecule has 0 radical (unpaired) electrons. The van der Waals surface area contributed by atoms with Crippen LogP contribution in [0, 0.1) is 16.0 Å². The van der Waals surface area contributed by atoms with Crippen molar-refractivity contribution in [3.8, 4) is 22.7 Å². The fourth-order valence-corrected chi connectivity index (χ4v) is 4.84. The van der Waals surface area contributed by atoms with E-state index < -0.39 is 4.92 Å². The van der Waals surface area contributed by atoms with Crippen LogP contribution >= 0.6 is 24.0 Å². The summed E-state index contributed by atoms with van der Waals surface area (Å²) in [7, 11) is 1.39. The number of hydrogen-bond acceptors (Lipinski definition) is 7. The number of para-hydroxylation sites is 1. The molecular formula is C24H22N4O4S2. The van der Waals surface area contributed by atoms with Gasteiger partial charge in [-0.05, 0) is 36.3 Å². The number of benzene rings is 2. The van der Waals surface area contributed by atoms with Gasteiger partial charge in [-0.3, -0.25) is 19.8 Å². The molecule has 2 heterocycles. The van der Waals surface area contributed by atoms with Crippen LogP contribution < -0.4 is 4.74 Å². The third-order valence-electron chi connectivity index (χ3n) is 5.12. The second kappa shape index (κ2) is 9.78. The number of hydrogen-bond donors (Lipinski definition) is 0. The molecule has 0 atom stereocenters. The van der Waals surface area contributed by atoms with E-state index in [4.69, 9.17) is 22.1 Å². The zero-order chi connectivity index (χ0) is 24.4. The summed E-state index contributed by atoms with van der Waals surface area (Å²) in [6.45, 7) is 4.60. The maximum Gasteiger partial charge on any atom is 0.311 e. The molecule has 34 heavy (non-hydrogen) atoms. The van der Waals surface area contributed by atoms with Gasteiger partial charge < -0.3 is 4.74 Å².